The summed E-state index contributed by atoms with van der Waals surface area (Å²) in [6, 6.07) is 0.709. The molecule has 4 heteroatoms. The van der Waals surface area contributed by atoms with Crippen LogP contribution in [0.25, 0.3) is 0 Å². The van der Waals surface area contributed by atoms with Crippen LogP contribution in [0.4, 0.5) is 0 Å². The molecule has 96 valence electrons. The minimum Gasteiger partial charge on any atom is -0.314 e. The van der Waals surface area contributed by atoms with Crippen LogP contribution in [0.5, 0.6) is 0 Å². The first-order valence-electron chi connectivity index (χ1n) is 6.53. The Morgan fingerprint density at radius 2 is 2.24 bits per heavy atom. The van der Waals surface area contributed by atoms with Crippen molar-refractivity contribution in [1.82, 2.24) is 15.1 Å². The van der Waals surface area contributed by atoms with E-state index in [9.17, 15) is 0 Å². The predicted molar refractivity (Wildman–Crippen MR) is 71.5 cm³/mol. The largest absolute Gasteiger partial charge is 0.314 e. The van der Waals surface area contributed by atoms with Gasteiger partial charge in [-0.05, 0) is 45.1 Å². The Labute approximate surface area is 109 Å². The van der Waals surface area contributed by atoms with Crippen LogP contribution in [0.2, 0.25) is 5.15 Å². The molecule has 1 heterocycles. The zero-order valence-corrected chi connectivity index (χ0v) is 11.7. The van der Waals surface area contributed by atoms with Gasteiger partial charge < -0.3 is 5.32 Å². The van der Waals surface area contributed by atoms with Gasteiger partial charge in [0, 0.05) is 18.7 Å². The second-order valence-corrected chi connectivity index (χ2v) is 5.47. The average Bonchev–Trinajstić information content (AvgIpc) is 2.81. The Morgan fingerprint density at radius 1 is 1.47 bits per heavy atom. The van der Waals surface area contributed by atoms with Crippen molar-refractivity contribution in [2.45, 2.75) is 45.6 Å². The fourth-order valence-corrected chi connectivity index (χ4v) is 3.18. The van der Waals surface area contributed by atoms with E-state index in [-0.39, 0.29) is 0 Å². The van der Waals surface area contributed by atoms with Crippen molar-refractivity contribution in [2.24, 2.45) is 13.0 Å². The maximum Gasteiger partial charge on any atom is 0.130 e. The Balaban J connectivity index is 1.98. The van der Waals surface area contributed by atoms with Gasteiger partial charge in [0.1, 0.15) is 5.15 Å². The molecule has 0 aromatic carbocycles. The number of halogens is 1. The SMILES string of the molecule is CCNC1CCC(Cc2c(C)nn(C)c2Cl)C1. The van der Waals surface area contributed by atoms with Crippen LogP contribution < -0.4 is 5.32 Å². The summed E-state index contributed by atoms with van der Waals surface area (Å²) < 4.78 is 1.78. The molecule has 0 aliphatic heterocycles. The van der Waals surface area contributed by atoms with Gasteiger partial charge in [0.25, 0.3) is 0 Å². The van der Waals surface area contributed by atoms with Crippen LogP contribution in [0, 0.1) is 12.8 Å². The maximum atomic E-state index is 6.27. The van der Waals surface area contributed by atoms with Crippen LogP contribution in [0.3, 0.4) is 0 Å². The molecule has 17 heavy (non-hydrogen) atoms. The lowest BCUT2D eigenvalue weighted by Crippen LogP contribution is -2.25. The van der Waals surface area contributed by atoms with Gasteiger partial charge in [-0.2, -0.15) is 5.10 Å². The van der Waals surface area contributed by atoms with Gasteiger partial charge in [-0.25, -0.2) is 0 Å². The highest BCUT2D eigenvalue weighted by atomic mass is 35.5. The lowest BCUT2D eigenvalue weighted by molar-refractivity contribution is 0.493. The highest BCUT2D eigenvalue weighted by Gasteiger charge is 2.26. The summed E-state index contributed by atoms with van der Waals surface area (Å²) in [6.45, 7) is 5.30. The molecule has 1 saturated carbocycles. The van der Waals surface area contributed by atoms with Gasteiger partial charge in [-0.3, -0.25) is 4.68 Å². The summed E-state index contributed by atoms with van der Waals surface area (Å²) in [5, 5.41) is 8.73. The van der Waals surface area contributed by atoms with Gasteiger partial charge in [0.05, 0.1) is 5.69 Å². The first-order valence-corrected chi connectivity index (χ1v) is 6.91. The first-order chi connectivity index (χ1) is 8.11. The van der Waals surface area contributed by atoms with E-state index in [1.54, 1.807) is 4.68 Å². The molecular weight excluding hydrogens is 234 g/mol. The number of aromatic nitrogens is 2. The lowest BCUT2D eigenvalue weighted by Gasteiger charge is -2.12. The van der Waals surface area contributed by atoms with Crippen molar-refractivity contribution < 1.29 is 0 Å². The number of nitrogens with zero attached hydrogens (tertiary/aromatic N) is 2. The minimum absolute atomic E-state index is 0.709. The fraction of sp³-hybridized carbons (Fsp3) is 0.769. The molecule has 0 radical (unpaired) electrons. The second-order valence-electron chi connectivity index (χ2n) is 5.12. The van der Waals surface area contributed by atoms with Crippen molar-refractivity contribution in [3.63, 3.8) is 0 Å². The summed E-state index contributed by atoms with van der Waals surface area (Å²) in [5.74, 6) is 0.763. The van der Waals surface area contributed by atoms with Crippen LogP contribution in [0.15, 0.2) is 0 Å². The number of hydrogen-bond acceptors (Lipinski definition) is 2. The molecule has 2 unspecified atom stereocenters. The highest BCUT2D eigenvalue weighted by Crippen LogP contribution is 2.31. The number of nitrogens with one attached hydrogen (secondary N) is 1. The topological polar surface area (TPSA) is 29.9 Å². The summed E-state index contributed by atoms with van der Waals surface area (Å²) >= 11 is 6.27. The monoisotopic (exact) mass is 255 g/mol. The molecule has 1 aromatic rings. The van der Waals surface area contributed by atoms with Crippen molar-refractivity contribution >= 4 is 11.6 Å². The summed E-state index contributed by atoms with van der Waals surface area (Å²) in [5.41, 5.74) is 2.33. The molecule has 2 atom stereocenters. The quantitative estimate of drug-likeness (QED) is 0.897. The van der Waals surface area contributed by atoms with E-state index < -0.39 is 0 Å². The van der Waals surface area contributed by atoms with Gasteiger partial charge in [-0.1, -0.05) is 18.5 Å². The van der Waals surface area contributed by atoms with Crippen LogP contribution in [0.1, 0.15) is 37.4 Å². The van der Waals surface area contributed by atoms with Gasteiger partial charge in [0.2, 0.25) is 0 Å². The van der Waals surface area contributed by atoms with Crippen LogP contribution >= 0.6 is 11.6 Å². The highest BCUT2D eigenvalue weighted by molar-refractivity contribution is 6.30. The Hall–Kier alpha value is -0.540. The van der Waals surface area contributed by atoms with E-state index >= 15 is 0 Å². The summed E-state index contributed by atoms with van der Waals surface area (Å²) in [6.07, 6.45) is 4.97. The van der Waals surface area contributed by atoms with Crippen molar-refractivity contribution in [3.05, 3.63) is 16.4 Å². The van der Waals surface area contributed by atoms with Gasteiger partial charge >= 0.3 is 0 Å². The molecule has 0 spiro atoms. The van der Waals surface area contributed by atoms with E-state index in [1.807, 2.05) is 7.05 Å². The molecule has 1 N–H and O–H groups in total. The number of rotatable bonds is 4. The van der Waals surface area contributed by atoms with Crippen molar-refractivity contribution in [2.75, 3.05) is 6.54 Å². The Bertz CT molecular complexity index is 386. The molecule has 1 fully saturated rings. The van der Waals surface area contributed by atoms with E-state index in [0.717, 1.165) is 29.7 Å². The first kappa shape index (κ1) is 12.9. The van der Waals surface area contributed by atoms with E-state index in [1.165, 1.54) is 24.8 Å². The Morgan fingerprint density at radius 3 is 2.82 bits per heavy atom. The van der Waals surface area contributed by atoms with E-state index in [2.05, 4.69) is 24.3 Å². The molecule has 1 aliphatic carbocycles. The van der Waals surface area contributed by atoms with E-state index in [4.69, 9.17) is 11.6 Å². The molecule has 2 rings (SSSR count). The van der Waals surface area contributed by atoms with Crippen LogP contribution in [-0.2, 0) is 13.5 Å². The van der Waals surface area contributed by atoms with Gasteiger partial charge in [0.15, 0.2) is 0 Å². The van der Waals surface area contributed by atoms with Crippen LogP contribution in [-0.4, -0.2) is 22.4 Å². The fourth-order valence-electron chi connectivity index (χ4n) is 2.93. The molecule has 3 nitrogen and oxygen atoms in total. The molecule has 0 bridgehead atoms. The predicted octanol–water partition coefficient (Wildman–Crippen LogP) is 2.70. The average molecular weight is 256 g/mol. The summed E-state index contributed by atoms with van der Waals surface area (Å²) in [7, 11) is 1.91. The van der Waals surface area contributed by atoms with Crippen molar-refractivity contribution in [1.29, 1.82) is 0 Å². The number of aryl methyl sites for hydroxylation is 2. The van der Waals surface area contributed by atoms with E-state index in [0.29, 0.717) is 6.04 Å². The zero-order valence-electron chi connectivity index (χ0n) is 11.0. The standard InChI is InChI=1S/C13H22ClN3/c1-4-15-11-6-5-10(7-11)8-12-9(2)16-17(3)13(12)14/h10-11,15H,4-8H2,1-3H3. The zero-order chi connectivity index (χ0) is 12.4. The third-order valence-corrected chi connectivity index (χ3v) is 4.27. The normalized spacial score (nSPS) is 24.5. The molecule has 1 aliphatic rings. The second kappa shape index (κ2) is 5.40. The third kappa shape index (κ3) is 2.83. The van der Waals surface area contributed by atoms with Gasteiger partial charge in [-0.15, -0.1) is 0 Å². The molecule has 1 aromatic heterocycles. The Kier molecular flexibility index (Phi) is 4.10. The third-order valence-electron chi connectivity index (χ3n) is 3.80. The van der Waals surface area contributed by atoms with Crippen molar-refractivity contribution in [3.8, 4) is 0 Å². The molecule has 0 amide bonds. The molecular formula is C13H22ClN3. The summed E-state index contributed by atoms with van der Waals surface area (Å²) in [4.78, 5) is 0. The lowest BCUT2D eigenvalue weighted by atomic mass is 9.98. The smallest absolute Gasteiger partial charge is 0.130 e. The maximum absolute atomic E-state index is 6.27. The minimum atomic E-state index is 0.709. The number of hydrogen-bond donors (Lipinski definition) is 1. The molecule has 0 saturated heterocycles.